The average Bonchev–Trinajstić information content (AvgIpc) is 2.83. The number of esters is 1. The zero-order valence-corrected chi connectivity index (χ0v) is 10.2. The lowest BCUT2D eigenvalue weighted by molar-refractivity contribution is -0.146. The Balaban J connectivity index is 2.29. The van der Waals surface area contributed by atoms with Crippen molar-refractivity contribution in [1.82, 2.24) is 5.32 Å². The normalized spacial score (nSPS) is 17.5. The van der Waals surface area contributed by atoms with Crippen LogP contribution in [-0.4, -0.2) is 29.8 Å². The second-order valence-corrected chi connectivity index (χ2v) is 5.00. The Morgan fingerprint density at radius 2 is 1.88 bits per heavy atom. The fraction of sp³-hybridized carbons (Fsp3) is 0.818. The van der Waals surface area contributed by atoms with Crippen LogP contribution in [0, 0.1) is 0 Å². The molecule has 1 saturated carbocycles. The van der Waals surface area contributed by atoms with Crippen molar-refractivity contribution in [2.75, 3.05) is 0 Å². The lowest BCUT2D eigenvalue weighted by Crippen LogP contribution is -2.42. The molecule has 0 heterocycles. The molecule has 1 N–H and O–H groups in total. The van der Waals surface area contributed by atoms with Crippen LogP contribution in [0.1, 0.15) is 40.5 Å². The van der Waals surface area contributed by atoms with Gasteiger partial charge in [0.25, 0.3) is 0 Å². The Kier molecular flexibility index (Phi) is 3.78. The minimum absolute atomic E-state index is 0.0513. The van der Waals surface area contributed by atoms with Gasteiger partial charge in [0, 0.05) is 0 Å². The standard InChI is InChI=1S/C11H19NO4/c1-7(9(13)15-8-5-6-8)12-10(14)16-11(2,3)4/h7-8H,5-6H2,1-4H3,(H,12,14)/t7-/m0/s1. The predicted octanol–water partition coefficient (Wildman–Crippen LogP) is 1.61. The van der Waals surface area contributed by atoms with Crippen molar-refractivity contribution >= 4 is 12.1 Å². The fourth-order valence-electron chi connectivity index (χ4n) is 0.995. The van der Waals surface area contributed by atoms with Crippen LogP contribution in [0.2, 0.25) is 0 Å². The number of rotatable bonds is 3. The van der Waals surface area contributed by atoms with E-state index in [4.69, 9.17) is 9.47 Å². The molecule has 0 aromatic carbocycles. The molecule has 1 rings (SSSR count). The minimum Gasteiger partial charge on any atom is -0.461 e. The van der Waals surface area contributed by atoms with Gasteiger partial charge >= 0.3 is 12.1 Å². The maximum atomic E-state index is 11.4. The molecule has 0 radical (unpaired) electrons. The summed E-state index contributed by atoms with van der Waals surface area (Å²) in [6.07, 6.45) is 1.29. The highest BCUT2D eigenvalue weighted by molar-refractivity contribution is 5.81. The summed E-state index contributed by atoms with van der Waals surface area (Å²) in [6, 6.07) is -0.671. The van der Waals surface area contributed by atoms with Crippen molar-refractivity contribution in [3.8, 4) is 0 Å². The molecule has 0 saturated heterocycles. The summed E-state index contributed by atoms with van der Waals surface area (Å²) >= 11 is 0. The first kappa shape index (κ1) is 12.8. The van der Waals surface area contributed by atoms with Gasteiger partial charge < -0.3 is 14.8 Å². The zero-order chi connectivity index (χ0) is 12.3. The van der Waals surface area contributed by atoms with Crippen molar-refractivity contribution in [3.05, 3.63) is 0 Å². The molecular weight excluding hydrogens is 210 g/mol. The van der Waals surface area contributed by atoms with E-state index in [2.05, 4.69) is 5.32 Å². The quantitative estimate of drug-likeness (QED) is 0.747. The molecule has 1 amide bonds. The fourth-order valence-corrected chi connectivity index (χ4v) is 0.995. The van der Waals surface area contributed by atoms with Gasteiger partial charge in [-0.1, -0.05) is 0 Å². The van der Waals surface area contributed by atoms with Crippen molar-refractivity contribution in [1.29, 1.82) is 0 Å². The van der Waals surface area contributed by atoms with Crippen molar-refractivity contribution in [2.45, 2.75) is 58.3 Å². The number of hydrogen-bond donors (Lipinski definition) is 1. The summed E-state index contributed by atoms with van der Waals surface area (Å²) < 4.78 is 10.1. The highest BCUT2D eigenvalue weighted by Gasteiger charge is 2.29. The van der Waals surface area contributed by atoms with E-state index < -0.39 is 23.7 Å². The summed E-state index contributed by atoms with van der Waals surface area (Å²) in [5.41, 5.74) is -0.565. The Morgan fingerprint density at radius 3 is 2.31 bits per heavy atom. The van der Waals surface area contributed by atoms with Crippen molar-refractivity contribution in [2.24, 2.45) is 0 Å². The second kappa shape index (κ2) is 4.72. The number of ether oxygens (including phenoxy) is 2. The molecular formula is C11H19NO4. The number of hydrogen-bond acceptors (Lipinski definition) is 4. The summed E-state index contributed by atoms with van der Waals surface area (Å²) in [6.45, 7) is 6.87. The number of nitrogens with one attached hydrogen (secondary N) is 1. The molecule has 0 spiro atoms. The third kappa shape index (κ3) is 5.00. The van der Waals surface area contributed by atoms with E-state index >= 15 is 0 Å². The number of carbonyl (C=O) groups is 2. The molecule has 0 bridgehead atoms. The first-order valence-corrected chi connectivity index (χ1v) is 5.48. The molecule has 1 fully saturated rings. The van der Waals surface area contributed by atoms with Gasteiger partial charge in [-0.05, 0) is 40.5 Å². The maximum absolute atomic E-state index is 11.4. The first-order chi connectivity index (χ1) is 7.28. The number of amides is 1. The molecule has 1 atom stereocenters. The van der Waals surface area contributed by atoms with Gasteiger partial charge in [0.1, 0.15) is 17.7 Å². The zero-order valence-electron chi connectivity index (χ0n) is 10.2. The summed E-state index contributed by atoms with van der Waals surface area (Å²) in [4.78, 5) is 22.7. The molecule has 92 valence electrons. The Hall–Kier alpha value is -1.26. The molecule has 1 aliphatic carbocycles. The summed E-state index contributed by atoms with van der Waals surface area (Å²) in [5.74, 6) is -0.409. The third-order valence-corrected chi connectivity index (χ3v) is 1.89. The van der Waals surface area contributed by atoms with E-state index in [0.29, 0.717) is 0 Å². The van der Waals surface area contributed by atoms with Crippen LogP contribution in [0.3, 0.4) is 0 Å². The molecule has 0 aromatic rings. The Bertz CT molecular complexity index is 278. The van der Waals surface area contributed by atoms with E-state index in [1.165, 1.54) is 0 Å². The Morgan fingerprint density at radius 1 is 1.31 bits per heavy atom. The smallest absolute Gasteiger partial charge is 0.408 e. The largest absolute Gasteiger partial charge is 0.461 e. The molecule has 5 heteroatoms. The maximum Gasteiger partial charge on any atom is 0.408 e. The monoisotopic (exact) mass is 229 g/mol. The van der Waals surface area contributed by atoms with Gasteiger partial charge in [-0.15, -0.1) is 0 Å². The molecule has 0 aromatic heterocycles. The lowest BCUT2D eigenvalue weighted by Gasteiger charge is -2.21. The van der Waals surface area contributed by atoms with Gasteiger partial charge in [-0.25, -0.2) is 9.59 Å². The molecule has 16 heavy (non-hydrogen) atoms. The van der Waals surface area contributed by atoms with Crippen LogP contribution in [0.15, 0.2) is 0 Å². The van der Waals surface area contributed by atoms with Crippen molar-refractivity contribution in [3.63, 3.8) is 0 Å². The summed E-state index contributed by atoms with van der Waals surface area (Å²) in [5, 5.41) is 2.43. The van der Waals surface area contributed by atoms with E-state index in [9.17, 15) is 9.59 Å². The van der Waals surface area contributed by atoms with Gasteiger partial charge in [0.2, 0.25) is 0 Å². The number of carbonyl (C=O) groups excluding carboxylic acids is 2. The van der Waals surface area contributed by atoms with Gasteiger partial charge in [0.05, 0.1) is 0 Å². The van der Waals surface area contributed by atoms with Gasteiger partial charge in [0.15, 0.2) is 0 Å². The molecule has 0 aliphatic heterocycles. The molecule has 0 unspecified atom stereocenters. The van der Waals surface area contributed by atoms with Crippen molar-refractivity contribution < 1.29 is 19.1 Å². The second-order valence-electron chi connectivity index (χ2n) is 5.00. The number of alkyl carbamates (subject to hydrolysis) is 1. The van der Waals surface area contributed by atoms with E-state index in [1.54, 1.807) is 27.7 Å². The SMILES string of the molecule is C[C@H](NC(=O)OC(C)(C)C)C(=O)OC1CC1. The van der Waals surface area contributed by atoms with E-state index in [0.717, 1.165) is 12.8 Å². The highest BCUT2D eigenvalue weighted by atomic mass is 16.6. The van der Waals surface area contributed by atoms with Crippen LogP contribution >= 0.6 is 0 Å². The van der Waals surface area contributed by atoms with Crippen LogP contribution in [0.25, 0.3) is 0 Å². The van der Waals surface area contributed by atoms with E-state index in [-0.39, 0.29) is 6.10 Å². The molecule has 5 nitrogen and oxygen atoms in total. The predicted molar refractivity (Wildman–Crippen MR) is 57.9 cm³/mol. The van der Waals surface area contributed by atoms with Gasteiger partial charge in [-0.2, -0.15) is 0 Å². The van der Waals surface area contributed by atoms with Crippen LogP contribution in [-0.2, 0) is 14.3 Å². The topological polar surface area (TPSA) is 64.6 Å². The highest BCUT2D eigenvalue weighted by Crippen LogP contribution is 2.23. The molecule has 1 aliphatic rings. The third-order valence-electron chi connectivity index (χ3n) is 1.89. The van der Waals surface area contributed by atoms with Gasteiger partial charge in [-0.3, -0.25) is 0 Å². The summed E-state index contributed by atoms with van der Waals surface area (Å²) in [7, 11) is 0. The van der Waals surface area contributed by atoms with Crippen LogP contribution in [0.4, 0.5) is 4.79 Å². The van der Waals surface area contributed by atoms with E-state index in [1.807, 2.05) is 0 Å². The lowest BCUT2D eigenvalue weighted by atomic mass is 10.2. The van der Waals surface area contributed by atoms with Crippen LogP contribution < -0.4 is 5.32 Å². The van der Waals surface area contributed by atoms with Crippen LogP contribution in [0.5, 0.6) is 0 Å². The first-order valence-electron chi connectivity index (χ1n) is 5.48. The minimum atomic E-state index is -0.671. The Labute approximate surface area is 95.5 Å². The average molecular weight is 229 g/mol.